The van der Waals surface area contributed by atoms with E-state index >= 15 is 0 Å². The molecule has 0 aromatic carbocycles. The van der Waals surface area contributed by atoms with E-state index in [0.717, 1.165) is 0 Å². The lowest BCUT2D eigenvalue weighted by molar-refractivity contribution is -0.308. The van der Waals surface area contributed by atoms with Gasteiger partial charge in [-0.05, 0) is 12.1 Å². The van der Waals surface area contributed by atoms with Crippen LogP contribution in [-0.4, -0.2) is 101 Å². The van der Waals surface area contributed by atoms with E-state index in [-0.39, 0.29) is 50.7 Å². The predicted molar refractivity (Wildman–Crippen MR) is 99.4 cm³/mol. The number of pyridine rings is 1. The first-order valence-electron chi connectivity index (χ1n) is 9.72. The number of nitrogens with zero attached hydrogens (tertiary/aromatic N) is 4. The van der Waals surface area contributed by atoms with Crippen LogP contribution in [0.3, 0.4) is 0 Å². The highest BCUT2D eigenvalue weighted by Crippen LogP contribution is 2.20. The number of hydrogen-bond donors (Lipinski definition) is 1. The molecule has 0 saturated carbocycles. The Morgan fingerprint density at radius 2 is 1.34 bits per heavy atom. The van der Waals surface area contributed by atoms with Gasteiger partial charge >= 0.3 is 5.97 Å². The van der Waals surface area contributed by atoms with Gasteiger partial charge in [0.25, 0.3) is 0 Å². The number of carboxylic acid groups (broad SMARTS) is 4. The van der Waals surface area contributed by atoms with Gasteiger partial charge in [-0.3, -0.25) is 19.7 Å². The van der Waals surface area contributed by atoms with Gasteiger partial charge in [-0.15, -0.1) is 0 Å². The number of carbonyl (C=O) groups is 4. The second-order valence-corrected chi connectivity index (χ2v) is 7.24. The first-order valence-corrected chi connectivity index (χ1v) is 9.72. The summed E-state index contributed by atoms with van der Waals surface area (Å²) in [4.78, 5) is 53.2. The standard InChI is InChI=1S/C19H26N4O9/c24-16(25)9-21-3-5-22(10-17(26)27)7-13-1-2-15(32-12-19(30)31)14(20-13)8-23(6-4-21)11-18(28)29/h1-2H,3-12H2,(H,24,25)(H,26,27)(H,28,29)(H,30,31)/p-3. The smallest absolute Gasteiger partial charge is 0.341 e. The third-order valence-electron chi connectivity index (χ3n) is 4.62. The van der Waals surface area contributed by atoms with Gasteiger partial charge in [-0.1, -0.05) is 0 Å². The molecule has 0 atom stereocenters. The van der Waals surface area contributed by atoms with Crippen LogP contribution in [0.1, 0.15) is 11.4 Å². The van der Waals surface area contributed by atoms with Crippen molar-refractivity contribution in [3.05, 3.63) is 23.5 Å². The van der Waals surface area contributed by atoms with Crippen LogP contribution >= 0.6 is 0 Å². The minimum absolute atomic E-state index is 0.0452. The van der Waals surface area contributed by atoms with Crippen LogP contribution in [0.5, 0.6) is 5.75 Å². The molecule has 1 N–H and O–H groups in total. The number of ether oxygens (including phenoxy) is 1. The molecule has 0 unspecified atom stereocenters. The quantitative estimate of drug-likeness (QED) is 0.375. The van der Waals surface area contributed by atoms with Crippen LogP contribution in [0, 0.1) is 0 Å². The molecule has 0 spiro atoms. The summed E-state index contributed by atoms with van der Waals surface area (Å²) in [6, 6.07) is 3.03. The fourth-order valence-corrected chi connectivity index (χ4v) is 3.26. The Morgan fingerprint density at radius 3 is 1.88 bits per heavy atom. The summed E-state index contributed by atoms with van der Waals surface area (Å²) in [5.41, 5.74) is 0.690. The number of fused-ring (bicyclic) bond motifs is 2. The molecule has 0 amide bonds. The number of rotatable bonds is 9. The highest BCUT2D eigenvalue weighted by Gasteiger charge is 2.19. The van der Waals surface area contributed by atoms with Crippen molar-refractivity contribution in [1.29, 1.82) is 0 Å². The first kappa shape index (κ1) is 25.0. The van der Waals surface area contributed by atoms with E-state index in [2.05, 4.69) is 4.98 Å². The maximum absolute atomic E-state index is 11.2. The molecule has 1 aromatic rings. The van der Waals surface area contributed by atoms with E-state index in [4.69, 9.17) is 9.84 Å². The normalized spacial score (nSPS) is 16.5. The summed E-state index contributed by atoms with van der Waals surface area (Å²) in [7, 11) is 0. The lowest BCUT2D eigenvalue weighted by Gasteiger charge is -2.31. The van der Waals surface area contributed by atoms with E-state index in [9.17, 15) is 34.5 Å². The Kier molecular flexibility index (Phi) is 9.31. The van der Waals surface area contributed by atoms with Crippen LogP contribution in [-0.2, 0) is 32.3 Å². The average molecular weight is 451 g/mol. The van der Waals surface area contributed by atoms with E-state index in [1.54, 1.807) is 0 Å². The Morgan fingerprint density at radius 1 is 0.844 bits per heavy atom. The summed E-state index contributed by atoms with van der Waals surface area (Å²) in [6.45, 7) is -1.28. The van der Waals surface area contributed by atoms with Crippen LogP contribution in [0.15, 0.2) is 12.1 Å². The van der Waals surface area contributed by atoms with Crippen molar-refractivity contribution < 1.29 is 44.3 Å². The van der Waals surface area contributed by atoms with E-state index in [0.29, 0.717) is 5.69 Å². The molecule has 2 heterocycles. The first-order chi connectivity index (χ1) is 15.1. The Hall–Kier alpha value is -3.29. The zero-order valence-corrected chi connectivity index (χ0v) is 17.2. The number of aromatic nitrogens is 1. The third kappa shape index (κ3) is 8.83. The fraction of sp³-hybridized carbons (Fsp3) is 0.526. The van der Waals surface area contributed by atoms with Gasteiger partial charge < -0.3 is 39.5 Å². The molecular weight excluding hydrogens is 428 g/mol. The fourth-order valence-electron chi connectivity index (χ4n) is 3.26. The van der Waals surface area contributed by atoms with E-state index in [1.807, 2.05) is 0 Å². The topological polar surface area (TPSA) is 190 Å². The van der Waals surface area contributed by atoms with Gasteiger partial charge in [0.1, 0.15) is 5.75 Å². The maximum Gasteiger partial charge on any atom is 0.341 e. The Labute approximate surface area is 183 Å². The zero-order chi connectivity index (χ0) is 23.7. The predicted octanol–water partition coefficient (Wildman–Crippen LogP) is -5.29. The average Bonchev–Trinajstić information content (AvgIpc) is 2.67. The lowest BCUT2D eigenvalue weighted by atomic mass is 10.2. The molecule has 2 rings (SSSR count). The number of hydrogen-bond acceptors (Lipinski definition) is 12. The van der Waals surface area contributed by atoms with Crippen molar-refractivity contribution >= 4 is 23.9 Å². The monoisotopic (exact) mass is 451 g/mol. The minimum Gasteiger partial charge on any atom is -0.549 e. The SMILES string of the molecule is O=C([O-])CN1CCN(CC(=O)[O-])Cc2ccc(OCC(=O)O)c(n2)CN(CC(=O)[O-])CC1. The molecule has 1 aliphatic heterocycles. The van der Waals surface area contributed by atoms with Crippen molar-refractivity contribution in [3.63, 3.8) is 0 Å². The molecule has 0 saturated heterocycles. The van der Waals surface area contributed by atoms with Gasteiger partial charge in [0.05, 0.1) is 29.3 Å². The van der Waals surface area contributed by atoms with Crippen LogP contribution in [0.25, 0.3) is 0 Å². The largest absolute Gasteiger partial charge is 0.549 e. The number of carbonyl (C=O) groups excluding carboxylic acids is 3. The van der Waals surface area contributed by atoms with Gasteiger partial charge in [-0.2, -0.15) is 0 Å². The molecule has 0 aliphatic carbocycles. The van der Waals surface area contributed by atoms with Gasteiger partial charge in [0.15, 0.2) is 6.61 Å². The summed E-state index contributed by atoms with van der Waals surface area (Å²) in [6.07, 6.45) is 0. The molecule has 13 nitrogen and oxygen atoms in total. The van der Waals surface area contributed by atoms with Crippen molar-refractivity contribution in [3.8, 4) is 5.75 Å². The maximum atomic E-state index is 11.2. The minimum atomic E-state index is -1.35. The molecule has 13 heteroatoms. The zero-order valence-electron chi connectivity index (χ0n) is 17.2. The summed E-state index contributed by atoms with van der Waals surface area (Å²) < 4.78 is 5.26. The molecule has 1 aliphatic rings. The summed E-state index contributed by atoms with van der Waals surface area (Å²) in [5.74, 6) is -5.07. The van der Waals surface area contributed by atoms with Gasteiger partial charge in [0, 0.05) is 58.9 Å². The lowest BCUT2D eigenvalue weighted by Crippen LogP contribution is -2.48. The van der Waals surface area contributed by atoms with Crippen molar-refractivity contribution in [2.45, 2.75) is 13.1 Å². The van der Waals surface area contributed by atoms with Gasteiger partial charge in [0.2, 0.25) is 0 Å². The molecule has 32 heavy (non-hydrogen) atoms. The molecular formula is C19H23N4O9-3. The van der Waals surface area contributed by atoms with E-state index < -0.39 is 50.1 Å². The van der Waals surface area contributed by atoms with Crippen molar-refractivity contribution in [2.24, 2.45) is 0 Å². The van der Waals surface area contributed by atoms with E-state index in [1.165, 1.54) is 26.8 Å². The Bertz CT molecular complexity index is 848. The van der Waals surface area contributed by atoms with Crippen molar-refractivity contribution in [2.75, 3.05) is 52.4 Å². The molecule has 176 valence electrons. The second-order valence-electron chi connectivity index (χ2n) is 7.24. The molecule has 0 radical (unpaired) electrons. The second kappa shape index (κ2) is 11.9. The third-order valence-corrected chi connectivity index (χ3v) is 4.62. The molecule has 2 bridgehead atoms. The number of carboxylic acids is 4. The number of aliphatic carboxylic acids is 4. The molecule has 1 aromatic heterocycles. The van der Waals surface area contributed by atoms with Crippen LogP contribution in [0.4, 0.5) is 0 Å². The Balaban J connectivity index is 2.38. The van der Waals surface area contributed by atoms with Crippen LogP contribution < -0.4 is 20.1 Å². The highest BCUT2D eigenvalue weighted by molar-refractivity contribution is 5.68. The van der Waals surface area contributed by atoms with Crippen LogP contribution in [0.2, 0.25) is 0 Å². The highest BCUT2D eigenvalue weighted by atomic mass is 16.5. The summed E-state index contributed by atoms with van der Waals surface area (Å²) in [5, 5.41) is 42.3. The van der Waals surface area contributed by atoms with Crippen molar-refractivity contribution in [1.82, 2.24) is 19.7 Å². The molecule has 0 fully saturated rings. The summed E-state index contributed by atoms with van der Waals surface area (Å²) >= 11 is 0. The van der Waals surface area contributed by atoms with Gasteiger partial charge in [-0.25, -0.2) is 4.79 Å².